The van der Waals surface area contributed by atoms with E-state index >= 15 is 0 Å². The summed E-state index contributed by atoms with van der Waals surface area (Å²) < 4.78 is 0. The third-order valence-electron chi connectivity index (χ3n) is 3.35. The summed E-state index contributed by atoms with van der Waals surface area (Å²) in [5.41, 5.74) is 4.18. The number of rotatable bonds is 4. The maximum Gasteiger partial charge on any atom is 0.274 e. The van der Waals surface area contributed by atoms with E-state index in [0.717, 1.165) is 0 Å². The second kappa shape index (κ2) is 6.87. The van der Waals surface area contributed by atoms with Gasteiger partial charge >= 0.3 is 0 Å². The lowest BCUT2D eigenvalue weighted by Crippen LogP contribution is -2.19. The fourth-order valence-electron chi connectivity index (χ4n) is 1.99. The fourth-order valence-corrected chi connectivity index (χ4v) is 1.99. The quantitative estimate of drug-likeness (QED) is 0.599. The molecule has 5 heteroatoms. The summed E-state index contributed by atoms with van der Waals surface area (Å²) >= 11 is 0. The molecule has 0 aliphatic rings. The molecule has 22 heavy (non-hydrogen) atoms. The monoisotopic (exact) mass is 298 g/mol. The van der Waals surface area contributed by atoms with Gasteiger partial charge < -0.3 is 5.32 Å². The third kappa shape index (κ3) is 3.71. The van der Waals surface area contributed by atoms with Crippen molar-refractivity contribution in [3.63, 3.8) is 0 Å². The topological polar surface area (TPSA) is 78.4 Å². The summed E-state index contributed by atoms with van der Waals surface area (Å²) in [6, 6.07) is 13.7. The molecule has 114 valence electrons. The van der Waals surface area contributed by atoms with Gasteiger partial charge in [-0.05, 0) is 47.9 Å². The zero-order valence-corrected chi connectivity index (χ0v) is 12.5. The van der Waals surface area contributed by atoms with Crippen LogP contribution < -0.4 is 10.8 Å². The third-order valence-corrected chi connectivity index (χ3v) is 3.35. The van der Waals surface area contributed by atoms with Crippen LogP contribution in [0.5, 0.6) is 0 Å². The van der Waals surface area contributed by atoms with Crippen LogP contribution in [0.15, 0.2) is 48.5 Å². The molecule has 3 N–H and O–H groups in total. The van der Waals surface area contributed by atoms with Crippen molar-refractivity contribution in [2.45, 2.75) is 19.8 Å². The first-order valence-corrected chi connectivity index (χ1v) is 6.97. The summed E-state index contributed by atoms with van der Waals surface area (Å²) in [4.78, 5) is 23.3. The van der Waals surface area contributed by atoms with E-state index in [2.05, 4.69) is 19.2 Å². The van der Waals surface area contributed by atoms with Gasteiger partial charge in [-0.2, -0.15) is 0 Å². The van der Waals surface area contributed by atoms with Crippen LogP contribution >= 0.6 is 0 Å². The standard InChI is InChI=1S/C17H18N2O3/c1-11(2)12-7-9-15(10-8-12)18-16(20)13-3-5-14(6-4-13)17(21)19-22/h3-11,22H,1-2H3,(H,18,20)(H,19,21). The molecule has 0 saturated carbocycles. The fraction of sp³-hybridized carbons (Fsp3) is 0.176. The van der Waals surface area contributed by atoms with Gasteiger partial charge in [0.25, 0.3) is 11.8 Å². The van der Waals surface area contributed by atoms with Crippen molar-refractivity contribution in [2.24, 2.45) is 0 Å². The number of hydroxylamine groups is 1. The predicted octanol–water partition coefficient (Wildman–Crippen LogP) is 3.18. The van der Waals surface area contributed by atoms with Crippen molar-refractivity contribution >= 4 is 17.5 Å². The van der Waals surface area contributed by atoms with E-state index in [9.17, 15) is 9.59 Å². The average molecular weight is 298 g/mol. The van der Waals surface area contributed by atoms with Gasteiger partial charge in [-0.1, -0.05) is 26.0 Å². The maximum absolute atomic E-state index is 12.1. The average Bonchev–Trinajstić information content (AvgIpc) is 2.54. The molecular weight excluding hydrogens is 280 g/mol. The number of benzene rings is 2. The van der Waals surface area contributed by atoms with E-state index in [4.69, 9.17) is 5.21 Å². The molecule has 0 heterocycles. The molecule has 5 nitrogen and oxygen atoms in total. The lowest BCUT2D eigenvalue weighted by Gasteiger charge is -2.09. The molecule has 2 aromatic rings. The van der Waals surface area contributed by atoms with Crippen LogP contribution in [0.4, 0.5) is 5.69 Å². The Morgan fingerprint density at radius 2 is 1.36 bits per heavy atom. The van der Waals surface area contributed by atoms with E-state index in [1.807, 2.05) is 24.3 Å². The van der Waals surface area contributed by atoms with Crippen molar-refractivity contribution in [1.29, 1.82) is 0 Å². The highest BCUT2D eigenvalue weighted by Gasteiger charge is 2.09. The molecule has 0 spiro atoms. The van der Waals surface area contributed by atoms with Gasteiger partial charge in [-0.15, -0.1) is 0 Å². The summed E-state index contributed by atoms with van der Waals surface area (Å²) in [6.45, 7) is 4.22. The molecule has 0 aromatic heterocycles. The van der Waals surface area contributed by atoms with Gasteiger partial charge in [0.1, 0.15) is 0 Å². The van der Waals surface area contributed by atoms with E-state index in [1.54, 1.807) is 5.48 Å². The van der Waals surface area contributed by atoms with Crippen LogP contribution in [0.2, 0.25) is 0 Å². The molecule has 0 bridgehead atoms. The molecular formula is C17H18N2O3. The lowest BCUT2D eigenvalue weighted by atomic mass is 10.0. The molecule has 0 radical (unpaired) electrons. The van der Waals surface area contributed by atoms with Crippen LogP contribution in [-0.2, 0) is 0 Å². The molecule has 0 saturated heterocycles. The second-order valence-electron chi connectivity index (χ2n) is 5.25. The van der Waals surface area contributed by atoms with Gasteiger partial charge in [0, 0.05) is 16.8 Å². The largest absolute Gasteiger partial charge is 0.322 e. The lowest BCUT2D eigenvalue weighted by molar-refractivity contribution is 0.0706. The SMILES string of the molecule is CC(C)c1ccc(NC(=O)c2ccc(C(=O)NO)cc2)cc1. The van der Waals surface area contributed by atoms with Crippen LogP contribution in [0.25, 0.3) is 0 Å². The van der Waals surface area contributed by atoms with Crippen LogP contribution in [0.1, 0.15) is 46.0 Å². The highest BCUT2D eigenvalue weighted by Crippen LogP contribution is 2.17. The molecule has 0 atom stereocenters. The van der Waals surface area contributed by atoms with Crippen LogP contribution in [0, 0.1) is 0 Å². The second-order valence-corrected chi connectivity index (χ2v) is 5.25. The highest BCUT2D eigenvalue weighted by atomic mass is 16.5. The van der Waals surface area contributed by atoms with Gasteiger partial charge in [-0.3, -0.25) is 14.8 Å². The molecule has 2 aromatic carbocycles. The van der Waals surface area contributed by atoms with Gasteiger partial charge in [0.15, 0.2) is 0 Å². The minimum absolute atomic E-state index is 0.256. The van der Waals surface area contributed by atoms with Crippen LogP contribution in [-0.4, -0.2) is 17.0 Å². The Morgan fingerprint density at radius 3 is 1.82 bits per heavy atom. The number of hydrogen-bond donors (Lipinski definition) is 3. The Morgan fingerprint density at radius 1 is 0.864 bits per heavy atom. The zero-order valence-electron chi connectivity index (χ0n) is 12.5. The van der Waals surface area contributed by atoms with Gasteiger partial charge in [0.2, 0.25) is 0 Å². The maximum atomic E-state index is 12.1. The minimum Gasteiger partial charge on any atom is -0.322 e. The Bertz CT molecular complexity index is 661. The smallest absolute Gasteiger partial charge is 0.274 e. The predicted molar refractivity (Wildman–Crippen MR) is 84.2 cm³/mol. The zero-order chi connectivity index (χ0) is 16.1. The molecule has 0 fully saturated rings. The van der Waals surface area contributed by atoms with E-state index < -0.39 is 5.91 Å². The summed E-state index contributed by atoms with van der Waals surface area (Å²) in [7, 11) is 0. The number of anilines is 1. The van der Waals surface area contributed by atoms with Crippen molar-refractivity contribution in [3.8, 4) is 0 Å². The Labute approximate surface area is 128 Å². The molecule has 0 aliphatic heterocycles. The number of nitrogens with one attached hydrogen (secondary N) is 2. The molecule has 0 aliphatic carbocycles. The van der Waals surface area contributed by atoms with Crippen molar-refractivity contribution in [2.75, 3.05) is 5.32 Å². The highest BCUT2D eigenvalue weighted by molar-refractivity contribution is 6.05. The first-order chi connectivity index (χ1) is 10.5. The first kappa shape index (κ1) is 15.7. The number of hydrogen-bond acceptors (Lipinski definition) is 3. The molecule has 2 amide bonds. The van der Waals surface area contributed by atoms with Crippen molar-refractivity contribution in [3.05, 3.63) is 65.2 Å². The summed E-state index contributed by atoms with van der Waals surface area (Å²) in [5.74, 6) is -0.431. The van der Waals surface area contributed by atoms with E-state index in [-0.39, 0.29) is 11.5 Å². The summed E-state index contributed by atoms with van der Waals surface area (Å²) in [5, 5.41) is 11.3. The Balaban J connectivity index is 2.07. The van der Waals surface area contributed by atoms with Crippen molar-refractivity contribution in [1.82, 2.24) is 5.48 Å². The van der Waals surface area contributed by atoms with Gasteiger partial charge in [-0.25, -0.2) is 5.48 Å². The van der Waals surface area contributed by atoms with E-state index in [0.29, 0.717) is 17.2 Å². The van der Waals surface area contributed by atoms with Gasteiger partial charge in [0.05, 0.1) is 0 Å². The Kier molecular flexibility index (Phi) is 4.91. The first-order valence-electron chi connectivity index (χ1n) is 6.97. The van der Waals surface area contributed by atoms with Crippen LogP contribution in [0.3, 0.4) is 0 Å². The van der Waals surface area contributed by atoms with Crippen molar-refractivity contribution < 1.29 is 14.8 Å². The normalized spacial score (nSPS) is 10.4. The van der Waals surface area contributed by atoms with E-state index in [1.165, 1.54) is 29.8 Å². The molecule has 0 unspecified atom stereocenters. The minimum atomic E-state index is -0.615. The number of carbonyl (C=O) groups excluding carboxylic acids is 2. The molecule has 2 rings (SSSR count). The summed E-state index contributed by atoms with van der Waals surface area (Å²) in [6.07, 6.45) is 0. The number of carbonyl (C=O) groups is 2. The number of amides is 2. The Hall–Kier alpha value is -2.66.